The van der Waals surface area contributed by atoms with Gasteiger partial charge in [0.15, 0.2) is 0 Å². The number of fused-ring (bicyclic) bond motifs is 2. The Morgan fingerprint density at radius 3 is 2.27 bits per heavy atom. The van der Waals surface area contributed by atoms with Gasteiger partial charge in [-0.1, -0.05) is 36.4 Å². The van der Waals surface area contributed by atoms with Crippen molar-refractivity contribution in [3.05, 3.63) is 82.4 Å². The third-order valence-electron chi connectivity index (χ3n) is 10.8. The van der Waals surface area contributed by atoms with Gasteiger partial charge in [0.25, 0.3) is 5.91 Å². The van der Waals surface area contributed by atoms with Gasteiger partial charge in [-0.3, -0.25) is 9.59 Å². The Morgan fingerprint density at radius 1 is 0.917 bits per heavy atom. The highest BCUT2D eigenvalue weighted by atomic mass is 16.7. The largest absolute Gasteiger partial charge is 0.494 e. The molecule has 7 nitrogen and oxygen atoms in total. The summed E-state index contributed by atoms with van der Waals surface area (Å²) >= 11 is 0. The van der Waals surface area contributed by atoms with E-state index in [-0.39, 0.29) is 17.3 Å². The van der Waals surface area contributed by atoms with Crippen LogP contribution in [0.25, 0.3) is 11.1 Å². The number of ether oxygens (including phenoxy) is 2. The zero-order valence-electron chi connectivity index (χ0n) is 30.1. The number of rotatable bonds is 6. The van der Waals surface area contributed by atoms with E-state index in [1.54, 1.807) is 0 Å². The molecule has 6 rings (SSSR count). The maximum atomic E-state index is 14.0. The molecule has 1 amide bonds. The van der Waals surface area contributed by atoms with Crippen LogP contribution in [0.15, 0.2) is 54.6 Å². The van der Waals surface area contributed by atoms with Crippen LogP contribution in [0.2, 0.25) is 0 Å². The van der Waals surface area contributed by atoms with Crippen molar-refractivity contribution < 1.29 is 28.4 Å². The molecule has 48 heavy (non-hydrogen) atoms. The summed E-state index contributed by atoms with van der Waals surface area (Å²) in [7, 11) is -0.451. The minimum Gasteiger partial charge on any atom is -0.492 e. The number of piperidine rings is 1. The van der Waals surface area contributed by atoms with E-state index in [0.717, 1.165) is 51.9 Å². The lowest BCUT2D eigenvalue weighted by Gasteiger charge is -2.38. The van der Waals surface area contributed by atoms with Crippen molar-refractivity contribution in [2.24, 2.45) is 0 Å². The summed E-state index contributed by atoms with van der Waals surface area (Å²) in [5.41, 5.74) is 6.84. The Hall–Kier alpha value is -3.62. The average molecular weight is 652 g/mol. The number of carbonyl (C=O) groups is 2. The Morgan fingerprint density at radius 2 is 1.60 bits per heavy atom. The van der Waals surface area contributed by atoms with Crippen LogP contribution >= 0.6 is 0 Å². The van der Waals surface area contributed by atoms with Crippen molar-refractivity contribution in [3.8, 4) is 16.9 Å². The lowest BCUT2D eigenvalue weighted by molar-refractivity contribution is -0.154. The zero-order valence-corrected chi connectivity index (χ0v) is 30.1. The van der Waals surface area contributed by atoms with Crippen LogP contribution in [-0.4, -0.2) is 60.4 Å². The Balaban J connectivity index is 1.16. The summed E-state index contributed by atoms with van der Waals surface area (Å²) in [6, 6.07) is 18.6. The number of hydrogen-bond acceptors (Lipinski definition) is 6. The fourth-order valence-corrected chi connectivity index (χ4v) is 7.05. The molecule has 3 heterocycles. The van der Waals surface area contributed by atoms with Crippen molar-refractivity contribution in [2.75, 3.05) is 19.7 Å². The van der Waals surface area contributed by atoms with E-state index in [4.69, 9.17) is 18.8 Å². The van der Waals surface area contributed by atoms with Gasteiger partial charge < -0.3 is 23.7 Å². The SMILES string of the molecule is Cc1cc(C(=O)N2CCC3(CC2)COc2ccc(CCC(=O)OC(C)(C)C)cc23)cc(-c2cccc(B3OC(C)(C)C(C)(C)O3)c2)c1C. The number of benzene rings is 3. The number of nitrogens with zero attached hydrogens (tertiary/aromatic N) is 1. The fourth-order valence-electron chi connectivity index (χ4n) is 7.05. The number of amides is 1. The number of hydrogen-bond donors (Lipinski definition) is 0. The summed E-state index contributed by atoms with van der Waals surface area (Å²) < 4.78 is 24.3. The molecule has 254 valence electrons. The summed E-state index contributed by atoms with van der Waals surface area (Å²) in [6.07, 6.45) is 2.62. The maximum absolute atomic E-state index is 14.0. The van der Waals surface area contributed by atoms with Gasteiger partial charge in [-0.2, -0.15) is 0 Å². The van der Waals surface area contributed by atoms with E-state index in [0.29, 0.717) is 38.1 Å². The molecule has 2 fully saturated rings. The Bertz CT molecular complexity index is 1710. The molecular formula is C40H50BNO6. The van der Waals surface area contributed by atoms with Crippen LogP contribution in [0.4, 0.5) is 0 Å². The van der Waals surface area contributed by atoms with Crippen LogP contribution in [0, 0.1) is 13.8 Å². The van der Waals surface area contributed by atoms with Crippen molar-refractivity contribution in [2.45, 2.75) is 110 Å². The second kappa shape index (κ2) is 12.4. The molecule has 3 aromatic carbocycles. The minimum absolute atomic E-state index is 0.0570. The van der Waals surface area contributed by atoms with Crippen LogP contribution in [0.1, 0.15) is 100 Å². The number of esters is 1. The van der Waals surface area contributed by atoms with Crippen LogP contribution in [-0.2, 0) is 30.7 Å². The molecule has 0 bridgehead atoms. The van der Waals surface area contributed by atoms with E-state index in [1.807, 2.05) is 62.1 Å². The number of aryl methyl sites for hydroxylation is 2. The van der Waals surface area contributed by atoms with Gasteiger partial charge in [0, 0.05) is 36.1 Å². The second-order valence-corrected chi connectivity index (χ2v) is 16.0. The quantitative estimate of drug-likeness (QED) is 0.209. The summed E-state index contributed by atoms with van der Waals surface area (Å²) in [4.78, 5) is 28.4. The van der Waals surface area contributed by atoms with E-state index in [9.17, 15) is 9.59 Å². The van der Waals surface area contributed by atoms with Gasteiger partial charge >= 0.3 is 13.1 Å². The molecule has 0 radical (unpaired) electrons. The molecule has 1 spiro atoms. The van der Waals surface area contributed by atoms with E-state index >= 15 is 0 Å². The highest BCUT2D eigenvalue weighted by molar-refractivity contribution is 6.62. The lowest BCUT2D eigenvalue weighted by atomic mass is 9.74. The monoisotopic (exact) mass is 651 g/mol. The predicted molar refractivity (Wildman–Crippen MR) is 190 cm³/mol. The van der Waals surface area contributed by atoms with E-state index in [2.05, 4.69) is 59.7 Å². The Labute approximate surface area is 286 Å². The third-order valence-corrected chi connectivity index (χ3v) is 10.8. The average Bonchev–Trinajstić information content (AvgIpc) is 3.48. The minimum atomic E-state index is -0.489. The van der Waals surface area contributed by atoms with E-state index in [1.165, 1.54) is 5.56 Å². The third kappa shape index (κ3) is 6.66. The fraction of sp³-hybridized carbons (Fsp3) is 0.500. The molecule has 2 saturated heterocycles. The van der Waals surface area contributed by atoms with Gasteiger partial charge in [-0.05, 0) is 133 Å². The zero-order chi connectivity index (χ0) is 34.6. The van der Waals surface area contributed by atoms with Crippen molar-refractivity contribution in [1.29, 1.82) is 0 Å². The molecule has 0 aromatic heterocycles. The summed E-state index contributed by atoms with van der Waals surface area (Å²) in [5.74, 6) is 0.784. The molecule has 0 atom stereocenters. The summed E-state index contributed by atoms with van der Waals surface area (Å²) in [5, 5.41) is 0. The van der Waals surface area contributed by atoms with Crippen LogP contribution in [0.5, 0.6) is 5.75 Å². The Kier molecular flexibility index (Phi) is 8.83. The molecule has 3 aromatic rings. The van der Waals surface area contributed by atoms with Gasteiger partial charge in [-0.15, -0.1) is 0 Å². The van der Waals surface area contributed by atoms with Crippen LogP contribution < -0.4 is 10.2 Å². The first kappa shape index (κ1) is 34.3. The molecular weight excluding hydrogens is 601 g/mol. The molecule has 8 heteroatoms. The first-order chi connectivity index (χ1) is 22.5. The normalized spacial score (nSPS) is 19.3. The highest BCUT2D eigenvalue weighted by Gasteiger charge is 2.51. The van der Waals surface area contributed by atoms with Gasteiger partial charge in [0.1, 0.15) is 11.4 Å². The second-order valence-electron chi connectivity index (χ2n) is 16.0. The maximum Gasteiger partial charge on any atom is 0.494 e. The molecule has 3 aliphatic heterocycles. The molecule has 0 N–H and O–H groups in total. The topological polar surface area (TPSA) is 74.3 Å². The molecule has 0 saturated carbocycles. The van der Waals surface area contributed by atoms with Crippen molar-refractivity contribution >= 4 is 24.5 Å². The molecule has 3 aliphatic rings. The molecule has 0 aliphatic carbocycles. The highest BCUT2D eigenvalue weighted by Crippen LogP contribution is 2.46. The lowest BCUT2D eigenvalue weighted by Crippen LogP contribution is -2.46. The summed E-state index contributed by atoms with van der Waals surface area (Å²) in [6.45, 7) is 20.0. The van der Waals surface area contributed by atoms with Crippen LogP contribution in [0.3, 0.4) is 0 Å². The predicted octanol–water partition coefficient (Wildman–Crippen LogP) is 7.11. The number of carbonyl (C=O) groups excluding carboxylic acids is 2. The van der Waals surface area contributed by atoms with Gasteiger partial charge in [0.2, 0.25) is 0 Å². The van der Waals surface area contributed by atoms with Crippen molar-refractivity contribution in [1.82, 2.24) is 4.90 Å². The first-order valence-electron chi connectivity index (χ1n) is 17.3. The standard InChI is InChI=1S/C40H50BNO6/c1-26-21-30(24-32(27(26)2)29-11-10-12-31(23-29)41-47-38(6,7)39(8,9)48-41)36(44)42-19-17-40(18-20-42)25-45-34-15-13-28(22-33(34)40)14-16-35(43)46-37(3,4)5/h10-13,15,21-24H,14,16-20,25H2,1-9H3. The van der Waals surface area contributed by atoms with Crippen molar-refractivity contribution in [3.63, 3.8) is 0 Å². The van der Waals surface area contributed by atoms with Gasteiger partial charge in [0.05, 0.1) is 17.8 Å². The van der Waals surface area contributed by atoms with Gasteiger partial charge in [-0.25, -0.2) is 0 Å². The van der Waals surface area contributed by atoms with E-state index < -0.39 is 23.9 Å². The number of likely N-dealkylation sites (tertiary alicyclic amines) is 1. The molecule has 0 unspecified atom stereocenters. The smallest absolute Gasteiger partial charge is 0.492 e. The first-order valence-corrected chi connectivity index (χ1v) is 17.3.